The molecule has 1 fully saturated rings. The van der Waals surface area contributed by atoms with Crippen LogP contribution in [0.25, 0.3) is 11.0 Å². The molecule has 8 nitrogen and oxygen atoms in total. The van der Waals surface area contributed by atoms with Crippen molar-refractivity contribution in [2.24, 2.45) is 0 Å². The molecule has 1 saturated heterocycles. The summed E-state index contributed by atoms with van der Waals surface area (Å²) in [6.07, 6.45) is 0. The number of ether oxygens (including phenoxy) is 1. The van der Waals surface area contributed by atoms with Crippen molar-refractivity contribution in [1.29, 1.82) is 0 Å². The minimum atomic E-state index is -3.64. The van der Waals surface area contributed by atoms with Crippen molar-refractivity contribution in [1.82, 2.24) is 13.9 Å². The zero-order valence-electron chi connectivity index (χ0n) is 18.3. The van der Waals surface area contributed by atoms with Crippen LogP contribution >= 0.6 is 11.8 Å². The maximum atomic E-state index is 13.4. The molecule has 1 aliphatic heterocycles. The summed E-state index contributed by atoms with van der Waals surface area (Å²) in [6.45, 7) is 5.71. The Morgan fingerprint density at radius 1 is 1.24 bits per heavy atom. The Morgan fingerprint density at radius 2 is 2.00 bits per heavy atom. The summed E-state index contributed by atoms with van der Waals surface area (Å²) in [5, 5.41) is 2.81. The molecule has 1 aromatic heterocycles. The molecule has 1 aliphatic rings. The van der Waals surface area contributed by atoms with Crippen LogP contribution in [0.15, 0.2) is 52.5 Å². The van der Waals surface area contributed by atoms with E-state index in [-0.39, 0.29) is 10.8 Å². The number of hydrogen-bond donors (Lipinski definition) is 1. The van der Waals surface area contributed by atoms with E-state index in [1.165, 1.54) is 34.3 Å². The van der Waals surface area contributed by atoms with Gasteiger partial charge in [-0.2, -0.15) is 4.31 Å². The van der Waals surface area contributed by atoms with Crippen molar-refractivity contribution in [2.75, 3.05) is 31.6 Å². The van der Waals surface area contributed by atoms with E-state index in [0.717, 1.165) is 5.52 Å². The van der Waals surface area contributed by atoms with Crippen LogP contribution in [0.3, 0.4) is 0 Å². The Kier molecular flexibility index (Phi) is 7.03. The monoisotopic (exact) mass is 492 g/mol. The molecule has 0 spiro atoms. The second-order valence-corrected chi connectivity index (χ2v) is 10.8. The molecule has 0 saturated carbocycles. The van der Waals surface area contributed by atoms with Gasteiger partial charge in [-0.1, -0.05) is 17.8 Å². The Hall–Kier alpha value is -2.47. The fourth-order valence-electron chi connectivity index (χ4n) is 3.60. The van der Waals surface area contributed by atoms with Gasteiger partial charge in [-0.05, 0) is 50.2 Å². The van der Waals surface area contributed by atoms with Crippen LogP contribution in [-0.2, 0) is 26.1 Å². The van der Waals surface area contributed by atoms with Crippen molar-refractivity contribution in [3.63, 3.8) is 0 Å². The minimum Gasteiger partial charge on any atom is -0.379 e. The summed E-state index contributed by atoms with van der Waals surface area (Å²) in [7, 11) is -3.64. The van der Waals surface area contributed by atoms with E-state index < -0.39 is 21.1 Å². The summed E-state index contributed by atoms with van der Waals surface area (Å²) in [4.78, 5) is 17.4. The van der Waals surface area contributed by atoms with E-state index in [2.05, 4.69) is 10.3 Å². The lowest BCUT2D eigenvalue weighted by Gasteiger charge is -2.26. The number of halogens is 1. The Bertz CT molecular complexity index is 1270. The first-order valence-electron chi connectivity index (χ1n) is 10.6. The van der Waals surface area contributed by atoms with Crippen LogP contribution in [0.4, 0.5) is 10.1 Å². The van der Waals surface area contributed by atoms with Crippen LogP contribution in [0.2, 0.25) is 0 Å². The van der Waals surface area contributed by atoms with Crippen molar-refractivity contribution in [3.05, 3.63) is 48.3 Å². The van der Waals surface area contributed by atoms with Crippen molar-refractivity contribution in [2.45, 2.75) is 35.7 Å². The molecule has 0 radical (unpaired) electrons. The molecule has 3 aromatic rings. The van der Waals surface area contributed by atoms with Crippen LogP contribution in [-0.4, -0.2) is 59.7 Å². The molecule has 1 unspecified atom stereocenters. The van der Waals surface area contributed by atoms with Gasteiger partial charge in [-0.25, -0.2) is 17.8 Å². The van der Waals surface area contributed by atoms with E-state index in [1.807, 2.05) is 11.5 Å². The van der Waals surface area contributed by atoms with Crippen LogP contribution in [0, 0.1) is 5.82 Å². The highest BCUT2D eigenvalue weighted by Gasteiger charge is 2.27. The molecule has 11 heteroatoms. The average Bonchev–Trinajstić information content (AvgIpc) is 3.15. The average molecular weight is 493 g/mol. The molecule has 0 bridgehead atoms. The Morgan fingerprint density at radius 3 is 2.70 bits per heavy atom. The molecule has 2 aromatic carbocycles. The van der Waals surface area contributed by atoms with Gasteiger partial charge >= 0.3 is 0 Å². The van der Waals surface area contributed by atoms with E-state index in [0.29, 0.717) is 49.2 Å². The maximum Gasteiger partial charge on any atom is 0.243 e. The zero-order chi connectivity index (χ0) is 23.6. The van der Waals surface area contributed by atoms with Crippen LogP contribution in [0.5, 0.6) is 0 Å². The number of rotatable bonds is 7. The molecule has 0 aliphatic carbocycles. The number of carbonyl (C=O) groups excluding carboxylic acids is 1. The number of imidazole rings is 1. The minimum absolute atomic E-state index is 0.186. The predicted molar refractivity (Wildman–Crippen MR) is 125 cm³/mol. The topological polar surface area (TPSA) is 93.5 Å². The summed E-state index contributed by atoms with van der Waals surface area (Å²) >= 11 is 1.26. The number of carbonyl (C=O) groups is 1. The van der Waals surface area contributed by atoms with Crippen LogP contribution < -0.4 is 5.32 Å². The van der Waals surface area contributed by atoms with Gasteiger partial charge in [0.25, 0.3) is 0 Å². The molecule has 2 heterocycles. The summed E-state index contributed by atoms with van der Waals surface area (Å²) < 4.78 is 48.0. The highest BCUT2D eigenvalue weighted by atomic mass is 32.2. The van der Waals surface area contributed by atoms with Crippen molar-refractivity contribution >= 4 is 44.4 Å². The lowest BCUT2D eigenvalue weighted by Crippen LogP contribution is -2.40. The third-order valence-corrected chi connectivity index (χ3v) is 8.34. The Balaban J connectivity index is 1.57. The fraction of sp³-hybridized carbons (Fsp3) is 0.364. The fourth-order valence-corrected chi connectivity index (χ4v) is 6.02. The number of nitrogens with zero attached hydrogens (tertiary/aromatic N) is 3. The third kappa shape index (κ3) is 5.06. The first-order valence-corrected chi connectivity index (χ1v) is 12.9. The number of nitrogens with one attached hydrogen (secondary N) is 1. The molecular weight excluding hydrogens is 467 g/mol. The van der Waals surface area contributed by atoms with Gasteiger partial charge in [0, 0.05) is 25.3 Å². The first-order chi connectivity index (χ1) is 15.8. The van der Waals surface area contributed by atoms with Crippen molar-refractivity contribution in [3.8, 4) is 0 Å². The summed E-state index contributed by atoms with van der Waals surface area (Å²) in [5.74, 6) is -0.709. The molecule has 1 amide bonds. The molecule has 1 N–H and O–H groups in total. The number of hydrogen-bond acceptors (Lipinski definition) is 6. The lowest BCUT2D eigenvalue weighted by atomic mass is 10.3. The number of fused-ring (bicyclic) bond motifs is 1. The lowest BCUT2D eigenvalue weighted by molar-refractivity contribution is -0.115. The number of thioether (sulfide) groups is 1. The molecule has 4 rings (SSSR count). The number of morpholine rings is 1. The number of benzene rings is 2. The largest absolute Gasteiger partial charge is 0.379 e. The highest BCUT2D eigenvalue weighted by molar-refractivity contribution is 8.00. The molecule has 1 atom stereocenters. The standard InChI is InChI=1S/C22H25FN4O4S2/c1-3-27-20-8-7-18(33(29,30)26-9-11-31-12-10-26)14-19(20)25-22(27)32-15(2)21(28)24-17-6-4-5-16(23)13-17/h4-8,13-15H,3,9-12H2,1-2H3,(H,24,28). The van der Waals surface area contributed by atoms with Gasteiger partial charge < -0.3 is 14.6 Å². The number of aryl methyl sites for hydroxylation is 1. The normalized spacial score (nSPS) is 16.1. The van der Waals surface area contributed by atoms with Gasteiger partial charge in [0.05, 0.1) is 34.4 Å². The smallest absolute Gasteiger partial charge is 0.243 e. The van der Waals surface area contributed by atoms with Gasteiger partial charge in [-0.3, -0.25) is 4.79 Å². The number of amides is 1. The number of sulfonamides is 1. The van der Waals surface area contributed by atoms with Crippen molar-refractivity contribution < 1.29 is 22.3 Å². The predicted octanol–water partition coefficient (Wildman–Crippen LogP) is 3.34. The van der Waals surface area contributed by atoms with Gasteiger partial charge in [0.15, 0.2) is 5.16 Å². The van der Waals surface area contributed by atoms with E-state index in [4.69, 9.17) is 4.74 Å². The Labute approximate surface area is 196 Å². The summed E-state index contributed by atoms with van der Waals surface area (Å²) in [5.41, 5.74) is 1.72. The van der Waals surface area contributed by atoms with E-state index in [1.54, 1.807) is 31.2 Å². The van der Waals surface area contributed by atoms with E-state index >= 15 is 0 Å². The van der Waals surface area contributed by atoms with Gasteiger partial charge in [0.1, 0.15) is 5.82 Å². The SMILES string of the molecule is CCn1c(SC(C)C(=O)Nc2cccc(F)c2)nc2cc(S(=O)(=O)N3CCOCC3)ccc21. The molecular formula is C22H25FN4O4S2. The van der Waals surface area contributed by atoms with Gasteiger partial charge in [0.2, 0.25) is 15.9 Å². The second-order valence-electron chi connectivity index (χ2n) is 7.57. The van der Waals surface area contributed by atoms with Gasteiger partial charge in [-0.15, -0.1) is 0 Å². The molecule has 33 heavy (non-hydrogen) atoms. The highest BCUT2D eigenvalue weighted by Crippen LogP contribution is 2.30. The molecule has 176 valence electrons. The first kappa shape index (κ1) is 23.7. The van der Waals surface area contributed by atoms with Crippen LogP contribution in [0.1, 0.15) is 13.8 Å². The third-order valence-electron chi connectivity index (χ3n) is 5.35. The number of anilines is 1. The summed E-state index contributed by atoms with van der Waals surface area (Å²) in [6, 6.07) is 10.6. The number of aromatic nitrogens is 2. The van der Waals surface area contributed by atoms with E-state index in [9.17, 15) is 17.6 Å². The second kappa shape index (κ2) is 9.80. The zero-order valence-corrected chi connectivity index (χ0v) is 20.0. The maximum absolute atomic E-state index is 13.4. The quantitative estimate of drug-likeness (QED) is 0.509.